The van der Waals surface area contributed by atoms with Gasteiger partial charge in [-0.25, -0.2) is 0 Å². The Morgan fingerprint density at radius 3 is 1.62 bits per heavy atom. The minimum Gasteiger partial charge on any atom is -0.480 e. The maximum Gasteiger partial charge on any atom is 0.317 e. The first-order valence-corrected chi connectivity index (χ1v) is 20.6. The van der Waals surface area contributed by atoms with Crippen LogP contribution < -0.4 is 10.7 Å². The molecule has 0 radical (unpaired) electrons. The van der Waals surface area contributed by atoms with Gasteiger partial charge in [0.25, 0.3) is 0 Å². The number of hydrogen-bond donors (Lipinski definition) is 6. The third-order valence-corrected chi connectivity index (χ3v) is 12.2. The first-order valence-electron chi connectivity index (χ1n) is 19.6. The van der Waals surface area contributed by atoms with Crippen LogP contribution in [-0.2, 0) is 50.6 Å². The number of aliphatic carboxylic acids is 6. The summed E-state index contributed by atoms with van der Waals surface area (Å²) in [6.07, 6.45) is 12.7. The summed E-state index contributed by atoms with van der Waals surface area (Å²) < 4.78 is 4.47. The second-order valence-corrected chi connectivity index (χ2v) is 16.2. The summed E-state index contributed by atoms with van der Waals surface area (Å²) in [6.45, 7) is 14.1. The number of aliphatic imine (C=N–C) groups is 2. The van der Waals surface area contributed by atoms with Crippen molar-refractivity contribution in [2.24, 2.45) is 9.98 Å². The fourth-order valence-electron chi connectivity index (χ4n) is 7.61. The van der Waals surface area contributed by atoms with E-state index < -0.39 is 62.0 Å². The molecule has 18 nitrogen and oxygen atoms in total. The number of carbonyl (C=O) groups is 6. The molecule has 0 aromatic carbocycles. The molecule has 63 heavy (non-hydrogen) atoms. The summed E-state index contributed by atoms with van der Waals surface area (Å²) in [6, 6.07) is 0. The minimum atomic E-state index is -1.23. The van der Waals surface area contributed by atoms with Crippen molar-refractivity contribution in [2.75, 3.05) is 39.3 Å². The molecule has 0 saturated heterocycles. The molecule has 0 amide bonds. The van der Waals surface area contributed by atoms with Gasteiger partial charge in [-0.3, -0.25) is 29.0 Å². The Bertz CT molecular complexity index is 2600. The Kier molecular flexibility index (Phi) is 15.1. The smallest absolute Gasteiger partial charge is 0.317 e. The van der Waals surface area contributed by atoms with Gasteiger partial charge < -0.3 is 20.4 Å². The maximum atomic E-state index is 11.8. The van der Waals surface area contributed by atoms with Gasteiger partial charge in [-0.2, -0.15) is 0 Å². The third kappa shape index (κ3) is 10.9. The van der Waals surface area contributed by atoms with Crippen LogP contribution in [-0.4, -0.2) is 134 Å². The molecule has 2 aromatic rings. The second-order valence-electron chi connectivity index (χ2n) is 15.0. The summed E-state index contributed by atoms with van der Waals surface area (Å²) in [5, 5.41) is 55.4. The Morgan fingerprint density at radius 2 is 1.11 bits per heavy atom. The molecule has 2 aromatic heterocycles. The van der Waals surface area contributed by atoms with Gasteiger partial charge in [0.1, 0.15) is 0 Å². The van der Waals surface area contributed by atoms with Crippen LogP contribution in [0.2, 0.25) is 0 Å². The van der Waals surface area contributed by atoms with Gasteiger partial charge in [-0.1, -0.05) is 0 Å². The molecule has 19 heteroatoms. The third-order valence-electron chi connectivity index (χ3n) is 10.7. The fraction of sp³-hybridized carbons (Fsp3) is 0.318. The number of aromatic nitrogens is 2. The van der Waals surface area contributed by atoms with Crippen molar-refractivity contribution < 1.29 is 74.8 Å². The van der Waals surface area contributed by atoms with Gasteiger partial charge in [0, 0.05) is 13.1 Å². The average Bonchev–Trinajstić information content (AvgIpc) is 3.81. The molecule has 6 N–H and O–H groups in total. The van der Waals surface area contributed by atoms with Gasteiger partial charge in [-0.05, 0) is 0 Å². The van der Waals surface area contributed by atoms with Crippen LogP contribution in [0.5, 0.6) is 0 Å². The molecule has 0 atom stereocenters. The van der Waals surface area contributed by atoms with Crippen molar-refractivity contribution in [1.82, 2.24) is 17.0 Å². The Hall–Kier alpha value is -6.66. The number of carboxylic acids is 6. The zero-order valence-electron chi connectivity index (χ0n) is 35.1. The molecule has 0 fully saturated rings. The van der Waals surface area contributed by atoms with E-state index in [0.717, 1.165) is 93.5 Å². The number of carboxylic acid groups (broad SMARTS) is 6. The number of fused-ring (bicyclic) bond motifs is 2. The molecule has 6 heterocycles. The van der Waals surface area contributed by atoms with E-state index in [1.807, 2.05) is 39.0 Å². The Morgan fingerprint density at radius 1 is 0.603 bits per heavy atom. The molecule has 6 bridgehead atoms. The summed E-state index contributed by atoms with van der Waals surface area (Å²) in [4.78, 5) is 77.8. The molecule has 0 spiro atoms. The Balaban J connectivity index is 0.000000317. The van der Waals surface area contributed by atoms with Crippen molar-refractivity contribution >= 4 is 77.6 Å². The molecule has 0 unspecified atom stereocenters. The molecule has 0 aliphatic carbocycles. The van der Waals surface area contributed by atoms with Crippen molar-refractivity contribution in [3.05, 3.63) is 97.3 Å². The van der Waals surface area contributed by atoms with Gasteiger partial charge in [0.2, 0.25) is 0 Å². The standard InChI is InChI=1S/C34H34N4O4.C10H16N2O8.Fe/c1-7-21-17(3)25-13-26-19(5)23(9-11-33(39)40)31(37-26)16-32-24(10-12-34(41)42)20(6)28(38-32)15-30-22(8-2)18(4)27(36-30)14-29(21)35-25;13-7(14)3-11(4-8(15)16)1-2-12(5-9(17)18)6-10(19)20;/h7-8,13-16H,1-2,9-12H2,3-6H3,(H4,35,36,37,38,39,40,41,42);1-6H2,(H,13,14)(H,15,16)(H,17,18)(H,19,20);/q;;+2/p-2/b25-13?,26-13-,27-14?,28-15-,29-14-,30-15?,31-16-,32-16?;;. The van der Waals surface area contributed by atoms with Gasteiger partial charge in [0.05, 0.1) is 26.2 Å². The largest absolute Gasteiger partial charge is 0.480 e. The second kappa shape index (κ2) is 20.0. The minimum absolute atomic E-state index is 0.0140. The average molecular weight is 909 g/mol. The zero-order valence-corrected chi connectivity index (χ0v) is 36.2. The van der Waals surface area contributed by atoms with Crippen LogP contribution in [0.3, 0.4) is 0 Å². The number of nitrogens with zero attached hydrogens (tertiary/aromatic N) is 6. The summed E-state index contributed by atoms with van der Waals surface area (Å²) >= 11 is 0.463. The predicted molar refractivity (Wildman–Crippen MR) is 230 cm³/mol. The van der Waals surface area contributed by atoms with Crippen LogP contribution in [0.25, 0.3) is 30.4 Å². The summed E-state index contributed by atoms with van der Waals surface area (Å²) in [7, 11) is 0. The van der Waals surface area contributed by atoms with Crippen LogP contribution in [0.1, 0.15) is 66.8 Å². The zero-order chi connectivity index (χ0) is 46.4. The maximum absolute atomic E-state index is 11.8. The number of allylic oxidation sites excluding steroid dienone is 4. The van der Waals surface area contributed by atoms with E-state index in [-0.39, 0.29) is 25.9 Å². The first kappa shape index (κ1) is 47.4. The molecule has 6 rings (SSSR count). The normalized spacial score (nSPS) is 17.6. The molecule has 4 aliphatic rings. The van der Waals surface area contributed by atoms with Crippen LogP contribution in [0, 0.1) is 13.8 Å². The molecule has 0 saturated carbocycles. The van der Waals surface area contributed by atoms with Gasteiger partial charge in [-0.15, -0.1) is 0 Å². The van der Waals surface area contributed by atoms with Crippen LogP contribution in [0.15, 0.2) is 62.9 Å². The molecular formula is C44H48FeN6O12. The van der Waals surface area contributed by atoms with E-state index in [2.05, 4.69) is 45.5 Å². The number of rotatable bonds is 19. The van der Waals surface area contributed by atoms with E-state index in [0.29, 0.717) is 33.9 Å². The van der Waals surface area contributed by atoms with Crippen molar-refractivity contribution in [1.29, 1.82) is 0 Å². The van der Waals surface area contributed by atoms with Crippen LogP contribution in [0.4, 0.5) is 0 Å². The van der Waals surface area contributed by atoms with Crippen molar-refractivity contribution in [3.8, 4) is 0 Å². The number of hydrogen-bond acceptors (Lipinski definition) is 10. The predicted octanol–water partition coefficient (Wildman–Crippen LogP) is 2.67. The van der Waals surface area contributed by atoms with Crippen molar-refractivity contribution in [3.63, 3.8) is 0 Å². The van der Waals surface area contributed by atoms with Gasteiger partial charge in [0.15, 0.2) is 0 Å². The first-order chi connectivity index (χ1) is 29.7. The van der Waals surface area contributed by atoms with E-state index in [1.54, 1.807) is 0 Å². The molecule has 334 valence electrons. The van der Waals surface area contributed by atoms with E-state index >= 15 is 0 Å². The summed E-state index contributed by atoms with van der Waals surface area (Å²) in [5.74, 6) is -6.65. The van der Waals surface area contributed by atoms with E-state index in [9.17, 15) is 39.0 Å². The molecular weight excluding hydrogens is 860 g/mol. The van der Waals surface area contributed by atoms with E-state index in [1.165, 1.54) is 0 Å². The monoisotopic (exact) mass is 908 g/mol. The SMILES string of the molecule is C=CC1=C(C)C2=NC/1=C\c1c(C)c(C=C)c3[n]1[Fe][n]1/c(c(C)c(CCC(=O)O)/c1=C/C1=NC(=C\3)/C(C)=C1CCC(=O)O)=C\2.O=C(O)CN(CCN(CC(=O)O)CC(=O)O)CC(=O)O. The molecule has 4 aliphatic heterocycles. The summed E-state index contributed by atoms with van der Waals surface area (Å²) in [5.41, 5.74) is 12.9. The fourth-order valence-corrected chi connectivity index (χ4v) is 9.25. The topological polar surface area (TPSA) is 265 Å². The Labute approximate surface area is 368 Å². The van der Waals surface area contributed by atoms with E-state index in [4.69, 9.17) is 30.4 Å². The quantitative estimate of drug-likeness (QED) is 0.111. The van der Waals surface area contributed by atoms with Crippen molar-refractivity contribution in [2.45, 2.75) is 53.4 Å². The van der Waals surface area contributed by atoms with Crippen LogP contribution >= 0.6 is 0 Å². The van der Waals surface area contributed by atoms with Gasteiger partial charge >= 0.3 is 281 Å².